The van der Waals surface area contributed by atoms with Crippen molar-refractivity contribution in [2.75, 3.05) is 6.54 Å². The molecule has 4 heteroatoms. The standard InChI is InChI=1S/C14H26N4/c1-11-10-12(2)18(17-11)9-3-8-16-14-6-4-13(15)5-7-14/h10,13-14,16H,3-9,15H2,1-2H3. The van der Waals surface area contributed by atoms with Gasteiger partial charge in [-0.05, 0) is 58.6 Å². The van der Waals surface area contributed by atoms with Gasteiger partial charge in [0.05, 0.1) is 5.69 Å². The number of nitrogens with zero attached hydrogens (tertiary/aromatic N) is 2. The molecule has 0 bridgehead atoms. The molecule has 2 rings (SSSR count). The van der Waals surface area contributed by atoms with E-state index in [0.717, 1.165) is 25.2 Å². The number of rotatable bonds is 5. The highest BCUT2D eigenvalue weighted by Gasteiger charge is 2.17. The molecule has 1 heterocycles. The molecule has 1 aliphatic rings. The van der Waals surface area contributed by atoms with E-state index in [4.69, 9.17) is 5.73 Å². The highest BCUT2D eigenvalue weighted by Crippen LogP contribution is 2.16. The maximum absolute atomic E-state index is 5.91. The van der Waals surface area contributed by atoms with E-state index in [1.165, 1.54) is 31.4 Å². The van der Waals surface area contributed by atoms with Crippen molar-refractivity contribution in [3.63, 3.8) is 0 Å². The summed E-state index contributed by atoms with van der Waals surface area (Å²) in [6, 6.07) is 3.26. The molecule has 1 aliphatic carbocycles. The Labute approximate surface area is 110 Å². The molecule has 0 saturated heterocycles. The van der Waals surface area contributed by atoms with E-state index >= 15 is 0 Å². The molecule has 1 aromatic rings. The van der Waals surface area contributed by atoms with Crippen molar-refractivity contribution in [3.8, 4) is 0 Å². The monoisotopic (exact) mass is 250 g/mol. The first-order chi connectivity index (χ1) is 8.65. The van der Waals surface area contributed by atoms with Crippen molar-refractivity contribution in [3.05, 3.63) is 17.5 Å². The molecular weight excluding hydrogens is 224 g/mol. The zero-order valence-electron chi connectivity index (χ0n) is 11.7. The van der Waals surface area contributed by atoms with Gasteiger partial charge in [-0.15, -0.1) is 0 Å². The Bertz CT molecular complexity index is 364. The van der Waals surface area contributed by atoms with Crippen LogP contribution in [-0.4, -0.2) is 28.4 Å². The topological polar surface area (TPSA) is 55.9 Å². The van der Waals surface area contributed by atoms with Crippen molar-refractivity contribution in [2.24, 2.45) is 5.73 Å². The van der Waals surface area contributed by atoms with Crippen LogP contribution in [0.25, 0.3) is 0 Å². The van der Waals surface area contributed by atoms with E-state index in [0.29, 0.717) is 12.1 Å². The van der Waals surface area contributed by atoms with Crippen LogP contribution in [0.4, 0.5) is 0 Å². The lowest BCUT2D eigenvalue weighted by atomic mass is 9.92. The third-order valence-electron chi connectivity index (χ3n) is 3.85. The minimum Gasteiger partial charge on any atom is -0.328 e. The van der Waals surface area contributed by atoms with Crippen molar-refractivity contribution in [1.29, 1.82) is 0 Å². The van der Waals surface area contributed by atoms with Crippen LogP contribution in [0.3, 0.4) is 0 Å². The number of hydrogen-bond donors (Lipinski definition) is 2. The second-order valence-electron chi connectivity index (χ2n) is 5.57. The minimum absolute atomic E-state index is 0.442. The van der Waals surface area contributed by atoms with Gasteiger partial charge in [0, 0.05) is 24.3 Å². The summed E-state index contributed by atoms with van der Waals surface area (Å²) >= 11 is 0. The van der Waals surface area contributed by atoms with Gasteiger partial charge in [0.25, 0.3) is 0 Å². The molecule has 0 amide bonds. The maximum atomic E-state index is 5.91. The first-order valence-electron chi connectivity index (χ1n) is 7.15. The van der Waals surface area contributed by atoms with Gasteiger partial charge in [-0.3, -0.25) is 4.68 Å². The number of hydrogen-bond acceptors (Lipinski definition) is 3. The summed E-state index contributed by atoms with van der Waals surface area (Å²) in [6.07, 6.45) is 5.97. The summed E-state index contributed by atoms with van der Waals surface area (Å²) < 4.78 is 2.10. The van der Waals surface area contributed by atoms with Crippen LogP contribution in [0.15, 0.2) is 6.07 Å². The summed E-state index contributed by atoms with van der Waals surface area (Å²) in [5, 5.41) is 8.12. The quantitative estimate of drug-likeness (QED) is 0.783. The Balaban J connectivity index is 1.63. The molecule has 0 radical (unpaired) electrons. The van der Waals surface area contributed by atoms with Gasteiger partial charge in [0.15, 0.2) is 0 Å². The van der Waals surface area contributed by atoms with Crippen molar-refractivity contribution < 1.29 is 0 Å². The number of nitrogens with one attached hydrogen (secondary N) is 1. The van der Waals surface area contributed by atoms with Crippen LogP contribution in [0.5, 0.6) is 0 Å². The lowest BCUT2D eigenvalue weighted by Crippen LogP contribution is -2.38. The zero-order valence-corrected chi connectivity index (χ0v) is 11.7. The zero-order chi connectivity index (χ0) is 13.0. The molecule has 0 spiro atoms. The van der Waals surface area contributed by atoms with Gasteiger partial charge < -0.3 is 11.1 Å². The average molecular weight is 250 g/mol. The Morgan fingerprint density at radius 2 is 2.06 bits per heavy atom. The molecule has 1 fully saturated rings. The molecule has 4 nitrogen and oxygen atoms in total. The molecule has 0 aliphatic heterocycles. The van der Waals surface area contributed by atoms with E-state index < -0.39 is 0 Å². The van der Waals surface area contributed by atoms with Gasteiger partial charge in [0.1, 0.15) is 0 Å². The normalized spacial score (nSPS) is 24.4. The molecule has 1 aromatic heterocycles. The predicted octanol–water partition coefficient (Wildman–Crippen LogP) is 1.75. The molecule has 1 saturated carbocycles. The Kier molecular flexibility index (Phi) is 4.78. The fourth-order valence-corrected chi connectivity index (χ4v) is 2.76. The summed E-state index contributed by atoms with van der Waals surface area (Å²) in [4.78, 5) is 0. The summed E-state index contributed by atoms with van der Waals surface area (Å²) in [5.74, 6) is 0. The van der Waals surface area contributed by atoms with Crippen LogP contribution in [0, 0.1) is 13.8 Å². The van der Waals surface area contributed by atoms with Crippen molar-refractivity contribution in [2.45, 2.75) is 64.6 Å². The maximum Gasteiger partial charge on any atom is 0.0596 e. The second kappa shape index (κ2) is 6.34. The molecule has 102 valence electrons. The van der Waals surface area contributed by atoms with Gasteiger partial charge in [-0.1, -0.05) is 0 Å². The predicted molar refractivity (Wildman–Crippen MR) is 74.6 cm³/mol. The molecule has 3 N–H and O–H groups in total. The lowest BCUT2D eigenvalue weighted by molar-refractivity contribution is 0.339. The third-order valence-corrected chi connectivity index (χ3v) is 3.85. The SMILES string of the molecule is Cc1cc(C)n(CCCNC2CCC(N)CC2)n1. The number of aryl methyl sites for hydroxylation is 3. The van der Waals surface area contributed by atoms with Crippen molar-refractivity contribution >= 4 is 0 Å². The van der Waals surface area contributed by atoms with Crippen LogP contribution in [0.1, 0.15) is 43.5 Å². The Hall–Kier alpha value is -0.870. The Morgan fingerprint density at radius 3 is 2.67 bits per heavy atom. The Morgan fingerprint density at radius 1 is 1.33 bits per heavy atom. The fraction of sp³-hybridized carbons (Fsp3) is 0.786. The second-order valence-corrected chi connectivity index (χ2v) is 5.57. The van der Waals surface area contributed by atoms with E-state index in [1.807, 2.05) is 6.92 Å². The molecular formula is C14H26N4. The lowest BCUT2D eigenvalue weighted by Gasteiger charge is -2.26. The highest BCUT2D eigenvalue weighted by atomic mass is 15.3. The first kappa shape index (κ1) is 13.6. The third kappa shape index (κ3) is 3.82. The largest absolute Gasteiger partial charge is 0.328 e. The molecule has 0 atom stereocenters. The number of nitrogens with two attached hydrogens (primary N) is 1. The van der Waals surface area contributed by atoms with Gasteiger partial charge >= 0.3 is 0 Å². The van der Waals surface area contributed by atoms with E-state index in [1.54, 1.807) is 0 Å². The van der Waals surface area contributed by atoms with Crippen LogP contribution >= 0.6 is 0 Å². The average Bonchev–Trinajstić information content (AvgIpc) is 2.66. The van der Waals surface area contributed by atoms with Gasteiger partial charge in [0.2, 0.25) is 0 Å². The van der Waals surface area contributed by atoms with E-state index in [-0.39, 0.29) is 0 Å². The molecule has 0 aromatic carbocycles. The fourth-order valence-electron chi connectivity index (χ4n) is 2.76. The molecule has 0 unspecified atom stereocenters. The first-order valence-corrected chi connectivity index (χ1v) is 7.15. The highest BCUT2D eigenvalue weighted by molar-refractivity contribution is 5.06. The van der Waals surface area contributed by atoms with Gasteiger partial charge in [-0.2, -0.15) is 5.10 Å². The number of aromatic nitrogens is 2. The van der Waals surface area contributed by atoms with Gasteiger partial charge in [-0.25, -0.2) is 0 Å². The summed E-state index contributed by atoms with van der Waals surface area (Å²) in [5.41, 5.74) is 8.28. The van der Waals surface area contributed by atoms with E-state index in [2.05, 4.69) is 28.1 Å². The van der Waals surface area contributed by atoms with Crippen LogP contribution in [-0.2, 0) is 6.54 Å². The van der Waals surface area contributed by atoms with E-state index in [9.17, 15) is 0 Å². The smallest absolute Gasteiger partial charge is 0.0596 e. The summed E-state index contributed by atoms with van der Waals surface area (Å²) in [7, 11) is 0. The van der Waals surface area contributed by atoms with Crippen LogP contribution < -0.4 is 11.1 Å². The summed E-state index contributed by atoms with van der Waals surface area (Å²) in [6.45, 7) is 6.26. The van der Waals surface area contributed by atoms with Crippen molar-refractivity contribution in [1.82, 2.24) is 15.1 Å². The minimum atomic E-state index is 0.442. The molecule has 18 heavy (non-hydrogen) atoms. The van der Waals surface area contributed by atoms with Crippen LogP contribution in [0.2, 0.25) is 0 Å².